The van der Waals surface area contributed by atoms with Crippen LogP contribution in [0.2, 0.25) is 5.02 Å². The lowest BCUT2D eigenvalue weighted by Gasteiger charge is -2.04. The highest BCUT2D eigenvalue weighted by Crippen LogP contribution is 2.13. The van der Waals surface area contributed by atoms with Gasteiger partial charge in [-0.15, -0.1) is 0 Å². The molecule has 0 aliphatic heterocycles. The number of hydrogen-bond donors (Lipinski definition) is 1. The van der Waals surface area contributed by atoms with Gasteiger partial charge in [-0.3, -0.25) is 0 Å². The van der Waals surface area contributed by atoms with Crippen LogP contribution < -0.4 is 0 Å². The molecule has 0 heterocycles. The van der Waals surface area contributed by atoms with Crippen molar-refractivity contribution in [2.75, 3.05) is 0 Å². The van der Waals surface area contributed by atoms with E-state index < -0.39 is 9.80 Å². The number of benzene rings is 2. The molecule has 18 heavy (non-hydrogen) atoms. The van der Waals surface area contributed by atoms with E-state index in [0.717, 1.165) is 5.56 Å². The molecule has 0 spiro atoms. The van der Waals surface area contributed by atoms with Crippen LogP contribution in [-0.2, 0) is 9.80 Å². The fourth-order valence-electron chi connectivity index (χ4n) is 1.53. The summed E-state index contributed by atoms with van der Waals surface area (Å²) in [4.78, 5) is 0.406. The first-order valence-corrected chi connectivity index (χ1v) is 7.37. The van der Waals surface area contributed by atoms with Crippen molar-refractivity contribution in [1.29, 1.82) is 0 Å². The Morgan fingerprint density at radius 3 is 2.17 bits per heavy atom. The normalized spacial score (nSPS) is 13.9. The van der Waals surface area contributed by atoms with Crippen LogP contribution in [0.15, 0.2) is 53.4 Å². The van der Waals surface area contributed by atoms with E-state index in [9.17, 15) is 8.76 Å². The summed E-state index contributed by atoms with van der Waals surface area (Å²) in [5.74, 6) is 0. The van der Waals surface area contributed by atoms with Crippen molar-refractivity contribution < 1.29 is 8.76 Å². The van der Waals surface area contributed by atoms with Crippen LogP contribution in [-0.4, -0.2) is 14.1 Å². The predicted octanol–water partition coefficient (Wildman–Crippen LogP) is 3.62. The quantitative estimate of drug-likeness (QED) is 0.853. The summed E-state index contributed by atoms with van der Waals surface area (Å²) in [5.41, 5.74) is 1.73. The molecule has 0 radical (unpaired) electrons. The summed E-state index contributed by atoms with van der Waals surface area (Å²) in [6.45, 7) is 1.94. The lowest BCUT2D eigenvalue weighted by atomic mass is 10.2. The van der Waals surface area contributed by atoms with Gasteiger partial charge in [0, 0.05) is 10.4 Å². The second-order valence-electron chi connectivity index (χ2n) is 4.05. The molecule has 2 rings (SSSR count). The van der Waals surface area contributed by atoms with Crippen molar-refractivity contribution in [3.05, 3.63) is 64.7 Å². The average Bonchev–Trinajstić information content (AvgIpc) is 2.32. The maximum absolute atomic E-state index is 12.2. The summed E-state index contributed by atoms with van der Waals surface area (Å²) in [6, 6.07) is 13.8. The monoisotopic (exact) mass is 280 g/mol. The molecule has 0 aromatic heterocycles. The van der Waals surface area contributed by atoms with Gasteiger partial charge in [0.05, 0.1) is 4.90 Å². The van der Waals surface area contributed by atoms with Crippen LogP contribution in [0, 0.1) is 6.92 Å². The molecule has 2 aromatic carbocycles. The zero-order valence-corrected chi connectivity index (χ0v) is 11.4. The molecule has 0 saturated heterocycles. The van der Waals surface area contributed by atoms with Gasteiger partial charge in [-0.2, -0.15) is 0 Å². The molecule has 0 bridgehead atoms. The van der Waals surface area contributed by atoms with E-state index in [1.54, 1.807) is 36.4 Å². The fraction of sp³-hybridized carbons (Fsp3) is 0.0714. The van der Waals surface area contributed by atoms with Crippen LogP contribution in [0.25, 0.3) is 0 Å². The molecule has 1 unspecified atom stereocenters. The number of halogens is 1. The van der Waals surface area contributed by atoms with Gasteiger partial charge in [-0.25, -0.2) is 4.21 Å². The highest BCUT2D eigenvalue weighted by Gasteiger charge is 2.06. The standard InChI is InChI=1S/C14H13ClO2S/c1-11-2-8-14(9-3-11)18(16,17)10-12-4-6-13(15)7-5-12/h2-10H,1H3,(H,16,17). The van der Waals surface area contributed by atoms with E-state index in [2.05, 4.69) is 0 Å². The van der Waals surface area contributed by atoms with Crippen molar-refractivity contribution in [1.82, 2.24) is 0 Å². The third-order valence-electron chi connectivity index (χ3n) is 2.52. The second-order valence-corrected chi connectivity index (χ2v) is 6.33. The van der Waals surface area contributed by atoms with Gasteiger partial charge in [0.1, 0.15) is 9.80 Å². The molecule has 2 aromatic rings. The molecule has 0 aliphatic rings. The number of hydrogen-bond acceptors (Lipinski definition) is 1. The highest BCUT2D eigenvalue weighted by atomic mass is 35.5. The highest BCUT2D eigenvalue weighted by molar-refractivity contribution is 7.96. The van der Waals surface area contributed by atoms with Gasteiger partial charge in [-0.05, 0) is 36.8 Å². The Morgan fingerprint density at radius 2 is 1.61 bits per heavy atom. The molecule has 0 aliphatic carbocycles. The Kier molecular flexibility index (Phi) is 3.76. The van der Waals surface area contributed by atoms with Crippen molar-refractivity contribution in [2.45, 2.75) is 11.8 Å². The van der Waals surface area contributed by atoms with E-state index in [1.165, 1.54) is 5.37 Å². The molecule has 0 amide bonds. The summed E-state index contributed by atoms with van der Waals surface area (Å²) < 4.78 is 22.3. The first-order valence-electron chi connectivity index (χ1n) is 5.41. The molecule has 0 saturated carbocycles. The maximum atomic E-state index is 12.2. The number of aryl methyl sites for hydroxylation is 1. The average molecular weight is 281 g/mol. The molecule has 2 nitrogen and oxygen atoms in total. The largest absolute Gasteiger partial charge is 0.310 e. The van der Waals surface area contributed by atoms with Gasteiger partial charge in [0.2, 0.25) is 0 Å². The van der Waals surface area contributed by atoms with Crippen LogP contribution in [0.5, 0.6) is 0 Å². The first-order chi connectivity index (χ1) is 8.47. The molecular formula is C14H13ClO2S. The van der Waals surface area contributed by atoms with E-state index in [-0.39, 0.29) is 0 Å². The Balaban J connectivity index is 2.44. The molecular weight excluding hydrogens is 268 g/mol. The first kappa shape index (κ1) is 13.1. The van der Waals surface area contributed by atoms with Crippen molar-refractivity contribution in [3.8, 4) is 0 Å². The van der Waals surface area contributed by atoms with Crippen LogP contribution in [0.3, 0.4) is 0 Å². The maximum Gasteiger partial charge on any atom is 0.111 e. The van der Waals surface area contributed by atoms with Crippen molar-refractivity contribution in [3.63, 3.8) is 0 Å². The van der Waals surface area contributed by atoms with Crippen LogP contribution >= 0.6 is 11.6 Å². The Labute approximate surface area is 112 Å². The molecule has 4 heteroatoms. The number of rotatable bonds is 2. The minimum Gasteiger partial charge on any atom is -0.310 e. The van der Waals surface area contributed by atoms with E-state index in [4.69, 9.17) is 11.6 Å². The molecule has 0 fully saturated rings. The third-order valence-corrected chi connectivity index (χ3v) is 4.32. The van der Waals surface area contributed by atoms with Crippen LogP contribution in [0.4, 0.5) is 0 Å². The van der Waals surface area contributed by atoms with Crippen LogP contribution in [0.1, 0.15) is 11.1 Å². The SMILES string of the molecule is Cc1ccc(S(=O)(O)=Cc2ccc(Cl)cc2)cc1. The summed E-state index contributed by atoms with van der Waals surface area (Å²) in [6.07, 6.45) is 0. The van der Waals surface area contributed by atoms with E-state index in [1.807, 2.05) is 19.1 Å². The fourth-order valence-corrected chi connectivity index (χ4v) is 2.84. The van der Waals surface area contributed by atoms with E-state index >= 15 is 0 Å². The summed E-state index contributed by atoms with van der Waals surface area (Å²) in [7, 11) is -3.16. The Bertz CT molecular complexity index is 651. The van der Waals surface area contributed by atoms with Gasteiger partial charge >= 0.3 is 0 Å². The zero-order valence-electron chi connectivity index (χ0n) is 9.84. The zero-order chi connectivity index (χ0) is 13.2. The topological polar surface area (TPSA) is 37.3 Å². The Morgan fingerprint density at radius 1 is 1.06 bits per heavy atom. The van der Waals surface area contributed by atoms with Gasteiger partial charge in [0.15, 0.2) is 0 Å². The lowest BCUT2D eigenvalue weighted by molar-refractivity contribution is 0.560. The Hall–Kier alpha value is -1.29. The minimum absolute atomic E-state index is 0.406. The third kappa shape index (κ3) is 3.13. The van der Waals surface area contributed by atoms with Gasteiger partial charge < -0.3 is 4.55 Å². The van der Waals surface area contributed by atoms with Crippen molar-refractivity contribution >= 4 is 26.8 Å². The smallest absolute Gasteiger partial charge is 0.111 e. The van der Waals surface area contributed by atoms with Crippen molar-refractivity contribution in [2.24, 2.45) is 0 Å². The molecule has 94 valence electrons. The lowest BCUT2D eigenvalue weighted by Crippen LogP contribution is -2.03. The molecule has 1 N–H and O–H groups in total. The summed E-state index contributed by atoms with van der Waals surface area (Å²) >= 11 is 5.77. The van der Waals surface area contributed by atoms with Gasteiger partial charge in [-0.1, -0.05) is 41.4 Å². The predicted molar refractivity (Wildman–Crippen MR) is 76.8 cm³/mol. The minimum atomic E-state index is -3.16. The van der Waals surface area contributed by atoms with E-state index in [0.29, 0.717) is 15.5 Å². The second kappa shape index (κ2) is 5.14. The molecule has 1 atom stereocenters. The van der Waals surface area contributed by atoms with Gasteiger partial charge in [0.25, 0.3) is 0 Å². The summed E-state index contributed by atoms with van der Waals surface area (Å²) in [5, 5.41) is 1.96.